The first-order valence-corrected chi connectivity index (χ1v) is 10.5. The number of thiazole rings is 1. The van der Waals surface area contributed by atoms with Crippen LogP contribution in [0.3, 0.4) is 0 Å². The van der Waals surface area contributed by atoms with Gasteiger partial charge in [0.2, 0.25) is 0 Å². The highest BCUT2D eigenvalue weighted by molar-refractivity contribution is 7.18. The lowest BCUT2D eigenvalue weighted by Gasteiger charge is -2.23. The molecule has 2 aromatic carbocycles. The zero-order chi connectivity index (χ0) is 21.3. The Bertz CT molecular complexity index is 1140. The number of aromatic nitrogens is 2. The fraction of sp³-hybridized carbons (Fsp3) is 0.261. The smallest absolute Gasteiger partial charge is 0.254 e. The van der Waals surface area contributed by atoms with Gasteiger partial charge in [0.1, 0.15) is 23.1 Å². The fourth-order valence-corrected chi connectivity index (χ4v) is 4.26. The van der Waals surface area contributed by atoms with Crippen molar-refractivity contribution in [2.75, 3.05) is 7.05 Å². The topological polar surface area (TPSA) is 68.5 Å². The predicted molar refractivity (Wildman–Crippen MR) is 117 cm³/mol. The summed E-state index contributed by atoms with van der Waals surface area (Å²) in [6.45, 7) is 6.08. The summed E-state index contributed by atoms with van der Waals surface area (Å²) in [5.41, 5.74) is 3.26. The van der Waals surface area contributed by atoms with Crippen molar-refractivity contribution < 1.29 is 14.1 Å². The third kappa shape index (κ3) is 3.93. The highest BCUT2D eigenvalue weighted by atomic mass is 32.1. The lowest BCUT2D eigenvalue weighted by molar-refractivity contribution is 0.0742. The number of fused-ring (bicyclic) bond motifs is 1. The number of carbonyl (C=O) groups excluding carboxylic acids is 1. The van der Waals surface area contributed by atoms with E-state index in [2.05, 4.69) is 10.1 Å². The van der Waals surface area contributed by atoms with E-state index in [1.807, 2.05) is 57.2 Å². The van der Waals surface area contributed by atoms with Crippen LogP contribution in [0.5, 0.6) is 5.75 Å². The van der Waals surface area contributed by atoms with Crippen molar-refractivity contribution in [3.8, 4) is 5.75 Å². The lowest BCUT2D eigenvalue weighted by Crippen LogP contribution is -2.29. The van der Waals surface area contributed by atoms with Gasteiger partial charge >= 0.3 is 0 Å². The third-order valence-electron chi connectivity index (χ3n) is 5.21. The van der Waals surface area contributed by atoms with E-state index >= 15 is 0 Å². The largest absolute Gasteiger partial charge is 0.489 e. The van der Waals surface area contributed by atoms with E-state index in [-0.39, 0.29) is 11.9 Å². The molecule has 6 nitrogen and oxygen atoms in total. The summed E-state index contributed by atoms with van der Waals surface area (Å²) in [5, 5.41) is 4.86. The molecule has 1 atom stereocenters. The number of carbonyl (C=O) groups is 1. The zero-order valence-corrected chi connectivity index (χ0v) is 18.2. The van der Waals surface area contributed by atoms with E-state index in [9.17, 15) is 4.79 Å². The average Bonchev–Trinajstić information content (AvgIpc) is 3.34. The van der Waals surface area contributed by atoms with Gasteiger partial charge in [-0.25, -0.2) is 4.98 Å². The summed E-state index contributed by atoms with van der Waals surface area (Å²) in [4.78, 5) is 19.5. The van der Waals surface area contributed by atoms with E-state index < -0.39 is 0 Å². The summed E-state index contributed by atoms with van der Waals surface area (Å²) in [5.74, 6) is 1.29. The summed E-state index contributed by atoms with van der Waals surface area (Å²) in [7, 11) is 1.80. The fourth-order valence-electron chi connectivity index (χ4n) is 3.20. The zero-order valence-electron chi connectivity index (χ0n) is 17.4. The molecule has 0 bridgehead atoms. The molecule has 2 aromatic heterocycles. The van der Waals surface area contributed by atoms with Crippen molar-refractivity contribution in [2.45, 2.75) is 33.4 Å². The van der Waals surface area contributed by atoms with Gasteiger partial charge in [-0.1, -0.05) is 23.4 Å². The standard InChI is InChI=1S/C23H23N3O3S/c1-14-19(16(3)29-25-14)13-28-18-9-7-8-17(12-18)23(27)26(4)15(2)22-24-20-10-5-6-11-21(20)30-22/h5-12,15H,13H2,1-4H3. The average molecular weight is 422 g/mol. The molecule has 4 rings (SSSR count). The Balaban J connectivity index is 1.49. The quantitative estimate of drug-likeness (QED) is 0.422. The second kappa shape index (κ2) is 8.28. The van der Waals surface area contributed by atoms with Gasteiger partial charge in [-0.2, -0.15) is 0 Å². The molecule has 154 valence electrons. The molecular weight excluding hydrogens is 398 g/mol. The minimum atomic E-state index is -0.137. The van der Waals surface area contributed by atoms with Gasteiger partial charge in [-0.05, 0) is 51.1 Å². The first-order chi connectivity index (χ1) is 14.4. The molecule has 0 aliphatic carbocycles. The Morgan fingerprint density at radius 1 is 1.20 bits per heavy atom. The second-order valence-corrected chi connectivity index (χ2v) is 8.29. The molecule has 0 spiro atoms. The Labute approximate surface area is 179 Å². The highest BCUT2D eigenvalue weighted by Gasteiger charge is 2.22. The van der Waals surface area contributed by atoms with Gasteiger partial charge in [0.15, 0.2) is 0 Å². The number of amides is 1. The molecule has 0 aliphatic rings. The number of hydrogen-bond donors (Lipinski definition) is 0. The van der Waals surface area contributed by atoms with Crippen molar-refractivity contribution in [3.63, 3.8) is 0 Å². The normalized spacial score (nSPS) is 12.1. The second-order valence-electron chi connectivity index (χ2n) is 7.23. The molecular formula is C23H23N3O3S. The monoisotopic (exact) mass is 421 g/mol. The van der Waals surface area contributed by atoms with E-state index in [0.29, 0.717) is 17.9 Å². The summed E-state index contributed by atoms with van der Waals surface area (Å²) >= 11 is 1.61. The highest BCUT2D eigenvalue weighted by Crippen LogP contribution is 2.30. The first kappa shape index (κ1) is 20.1. The van der Waals surface area contributed by atoms with Gasteiger partial charge in [0.25, 0.3) is 5.91 Å². The molecule has 0 N–H and O–H groups in total. The molecule has 2 heterocycles. The van der Waals surface area contributed by atoms with Crippen molar-refractivity contribution in [1.29, 1.82) is 0 Å². The van der Waals surface area contributed by atoms with E-state index in [4.69, 9.17) is 9.26 Å². The van der Waals surface area contributed by atoms with Crippen LogP contribution in [-0.4, -0.2) is 28.0 Å². The van der Waals surface area contributed by atoms with Crippen LogP contribution in [0.2, 0.25) is 0 Å². The van der Waals surface area contributed by atoms with E-state index in [1.165, 1.54) is 0 Å². The van der Waals surface area contributed by atoms with Crippen molar-refractivity contribution >= 4 is 27.5 Å². The number of para-hydroxylation sites is 1. The number of ether oxygens (including phenoxy) is 1. The van der Waals surface area contributed by atoms with Gasteiger partial charge in [0.05, 0.1) is 27.5 Å². The molecule has 0 aliphatic heterocycles. The summed E-state index contributed by atoms with van der Waals surface area (Å²) in [6.07, 6.45) is 0. The molecule has 30 heavy (non-hydrogen) atoms. The van der Waals surface area contributed by atoms with Crippen LogP contribution >= 0.6 is 11.3 Å². The number of nitrogens with zero attached hydrogens (tertiary/aromatic N) is 3. The van der Waals surface area contributed by atoms with E-state index in [1.54, 1.807) is 35.4 Å². The van der Waals surface area contributed by atoms with Crippen LogP contribution < -0.4 is 4.74 Å². The summed E-state index contributed by atoms with van der Waals surface area (Å²) in [6, 6.07) is 15.1. The van der Waals surface area contributed by atoms with Crippen molar-refractivity contribution in [1.82, 2.24) is 15.0 Å². The molecule has 0 saturated heterocycles. The molecule has 1 unspecified atom stereocenters. The van der Waals surface area contributed by atoms with Crippen LogP contribution in [0.25, 0.3) is 10.2 Å². The Morgan fingerprint density at radius 2 is 2.00 bits per heavy atom. The molecule has 7 heteroatoms. The molecule has 1 amide bonds. The van der Waals surface area contributed by atoms with Gasteiger partial charge in [-0.3, -0.25) is 4.79 Å². The number of benzene rings is 2. The molecule has 0 fully saturated rings. The van der Waals surface area contributed by atoms with Crippen LogP contribution in [0, 0.1) is 13.8 Å². The molecule has 0 saturated carbocycles. The van der Waals surface area contributed by atoms with Crippen molar-refractivity contribution in [3.05, 3.63) is 76.1 Å². The Morgan fingerprint density at radius 3 is 2.73 bits per heavy atom. The SMILES string of the molecule is Cc1noc(C)c1COc1cccc(C(=O)N(C)C(C)c2nc3ccccc3s2)c1. The van der Waals surface area contributed by atoms with Crippen LogP contribution in [0.1, 0.15) is 45.3 Å². The summed E-state index contributed by atoms with van der Waals surface area (Å²) < 4.78 is 12.2. The first-order valence-electron chi connectivity index (χ1n) is 9.71. The lowest BCUT2D eigenvalue weighted by atomic mass is 10.1. The molecule has 4 aromatic rings. The maximum absolute atomic E-state index is 13.1. The van der Waals surface area contributed by atoms with E-state index in [0.717, 1.165) is 32.2 Å². The number of hydrogen-bond acceptors (Lipinski definition) is 6. The van der Waals surface area contributed by atoms with Gasteiger partial charge in [-0.15, -0.1) is 11.3 Å². The maximum atomic E-state index is 13.1. The Kier molecular flexibility index (Phi) is 5.55. The Hall–Kier alpha value is -3.19. The third-order valence-corrected chi connectivity index (χ3v) is 6.42. The van der Waals surface area contributed by atoms with Crippen LogP contribution in [0.15, 0.2) is 53.1 Å². The van der Waals surface area contributed by atoms with Gasteiger partial charge in [0, 0.05) is 12.6 Å². The van der Waals surface area contributed by atoms with Crippen LogP contribution in [0.4, 0.5) is 0 Å². The minimum Gasteiger partial charge on any atom is -0.489 e. The predicted octanol–water partition coefficient (Wildman–Crippen LogP) is 5.31. The molecule has 0 radical (unpaired) electrons. The van der Waals surface area contributed by atoms with Crippen LogP contribution in [-0.2, 0) is 6.61 Å². The maximum Gasteiger partial charge on any atom is 0.254 e. The number of aryl methyl sites for hydroxylation is 2. The minimum absolute atomic E-state index is 0.0791. The number of rotatable bonds is 6. The van der Waals surface area contributed by atoms with Gasteiger partial charge < -0.3 is 14.2 Å². The van der Waals surface area contributed by atoms with Crippen molar-refractivity contribution in [2.24, 2.45) is 0 Å².